The maximum Gasteiger partial charge on any atom is 0.414 e. The molecule has 1 amide bonds. The number of nitrogens with zero attached hydrogens (tertiary/aromatic N) is 1. The molecule has 84 valence electrons. The van der Waals surface area contributed by atoms with Crippen LogP contribution in [0.15, 0.2) is 18.2 Å². The Kier molecular flexibility index (Phi) is 2.20. The number of nitrogens with one attached hydrogen (secondary N) is 1. The van der Waals surface area contributed by atoms with Gasteiger partial charge in [-0.05, 0) is 30.5 Å². The minimum Gasteiger partial charge on any atom is -0.447 e. The maximum atomic E-state index is 11.4. The molecule has 0 atom stereocenters. The molecule has 0 bridgehead atoms. The smallest absolute Gasteiger partial charge is 0.414 e. The second-order valence-electron chi connectivity index (χ2n) is 4.14. The number of aryl methyl sites for hydroxylation is 1. The fourth-order valence-electron chi connectivity index (χ4n) is 2.24. The number of carbonyl (C=O) groups is 1. The highest BCUT2D eigenvalue weighted by atomic mass is 16.6. The lowest BCUT2D eigenvalue weighted by Gasteiger charge is -2.21. The maximum absolute atomic E-state index is 11.4. The molecule has 0 aliphatic carbocycles. The average molecular weight is 218 g/mol. The highest BCUT2D eigenvalue weighted by molar-refractivity contribution is 5.90. The van der Waals surface area contributed by atoms with Crippen LogP contribution < -0.4 is 10.2 Å². The zero-order chi connectivity index (χ0) is 11.0. The summed E-state index contributed by atoms with van der Waals surface area (Å²) < 4.78 is 4.93. The molecular weight excluding hydrogens is 204 g/mol. The van der Waals surface area contributed by atoms with Gasteiger partial charge in [0.2, 0.25) is 0 Å². The van der Waals surface area contributed by atoms with Crippen molar-refractivity contribution in [3.8, 4) is 0 Å². The van der Waals surface area contributed by atoms with Crippen molar-refractivity contribution >= 4 is 17.5 Å². The molecule has 0 aromatic heterocycles. The summed E-state index contributed by atoms with van der Waals surface area (Å²) in [6.45, 7) is 2.15. The second-order valence-corrected chi connectivity index (χ2v) is 4.14. The molecule has 1 aromatic rings. The van der Waals surface area contributed by atoms with E-state index in [2.05, 4.69) is 11.4 Å². The van der Waals surface area contributed by atoms with Crippen LogP contribution >= 0.6 is 0 Å². The zero-order valence-electron chi connectivity index (χ0n) is 9.03. The van der Waals surface area contributed by atoms with Crippen LogP contribution in [-0.2, 0) is 11.2 Å². The predicted molar refractivity (Wildman–Crippen MR) is 61.9 cm³/mol. The molecule has 1 saturated heterocycles. The molecule has 1 fully saturated rings. The molecule has 0 unspecified atom stereocenters. The highest BCUT2D eigenvalue weighted by Crippen LogP contribution is 2.28. The lowest BCUT2D eigenvalue weighted by atomic mass is 10.0. The van der Waals surface area contributed by atoms with Gasteiger partial charge in [0.1, 0.15) is 6.61 Å². The zero-order valence-corrected chi connectivity index (χ0v) is 9.03. The number of hydrogen-bond acceptors (Lipinski definition) is 3. The van der Waals surface area contributed by atoms with E-state index >= 15 is 0 Å². The van der Waals surface area contributed by atoms with E-state index in [0.717, 1.165) is 24.3 Å². The number of carbonyl (C=O) groups excluding carboxylic acids is 1. The summed E-state index contributed by atoms with van der Waals surface area (Å²) in [5.74, 6) is 0. The Morgan fingerprint density at radius 1 is 1.38 bits per heavy atom. The van der Waals surface area contributed by atoms with E-state index in [-0.39, 0.29) is 6.09 Å². The van der Waals surface area contributed by atoms with Crippen LogP contribution in [0.5, 0.6) is 0 Å². The predicted octanol–water partition coefficient (Wildman–Crippen LogP) is 2.00. The summed E-state index contributed by atoms with van der Waals surface area (Å²) in [6, 6.07) is 6.14. The summed E-state index contributed by atoms with van der Waals surface area (Å²) in [5, 5.41) is 3.36. The van der Waals surface area contributed by atoms with Crippen LogP contribution in [0.4, 0.5) is 16.2 Å². The summed E-state index contributed by atoms with van der Waals surface area (Å²) >= 11 is 0. The Balaban J connectivity index is 1.93. The molecular formula is C12H14N2O2. The summed E-state index contributed by atoms with van der Waals surface area (Å²) in [4.78, 5) is 13.1. The van der Waals surface area contributed by atoms with E-state index in [0.29, 0.717) is 13.2 Å². The van der Waals surface area contributed by atoms with Crippen molar-refractivity contribution in [3.63, 3.8) is 0 Å². The Morgan fingerprint density at radius 2 is 2.31 bits per heavy atom. The largest absolute Gasteiger partial charge is 0.447 e. The van der Waals surface area contributed by atoms with Crippen LogP contribution in [0.1, 0.15) is 12.0 Å². The Morgan fingerprint density at radius 3 is 3.12 bits per heavy atom. The lowest BCUT2D eigenvalue weighted by molar-refractivity contribution is 0.181. The van der Waals surface area contributed by atoms with E-state index in [4.69, 9.17) is 4.74 Å². The van der Waals surface area contributed by atoms with Gasteiger partial charge in [-0.15, -0.1) is 0 Å². The summed E-state index contributed by atoms with van der Waals surface area (Å²) in [6.07, 6.45) is 2.06. The lowest BCUT2D eigenvalue weighted by Crippen LogP contribution is -2.23. The normalized spacial score (nSPS) is 19.0. The third-order valence-electron chi connectivity index (χ3n) is 3.10. The van der Waals surface area contributed by atoms with Crippen molar-refractivity contribution in [2.45, 2.75) is 12.8 Å². The molecule has 2 aliphatic rings. The minimum absolute atomic E-state index is 0.240. The third kappa shape index (κ3) is 1.50. The Labute approximate surface area is 94.2 Å². The van der Waals surface area contributed by atoms with Gasteiger partial charge >= 0.3 is 6.09 Å². The van der Waals surface area contributed by atoms with Gasteiger partial charge < -0.3 is 10.1 Å². The van der Waals surface area contributed by atoms with Crippen LogP contribution in [-0.4, -0.2) is 25.8 Å². The molecule has 4 heteroatoms. The van der Waals surface area contributed by atoms with Gasteiger partial charge in [-0.3, -0.25) is 4.90 Å². The third-order valence-corrected chi connectivity index (χ3v) is 3.10. The highest BCUT2D eigenvalue weighted by Gasteiger charge is 2.24. The van der Waals surface area contributed by atoms with Crippen LogP contribution in [0.3, 0.4) is 0 Å². The molecule has 0 spiro atoms. The van der Waals surface area contributed by atoms with E-state index in [1.807, 2.05) is 12.1 Å². The van der Waals surface area contributed by atoms with Crippen molar-refractivity contribution in [2.75, 3.05) is 29.9 Å². The fraction of sp³-hybridized carbons (Fsp3) is 0.417. The van der Waals surface area contributed by atoms with E-state index in [1.54, 1.807) is 4.90 Å². The molecule has 4 nitrogen and oxygen atoms in total. The van der Waals surface area contributed by atoms with Crippen LogP contribution in [0, 0.1) is 0 Å². The van der Waals surface area contributed by atoms with Gasteiger partial charge in [0.15, 0.2) is 0 Å². The fourth-order valence-corrected chi connectivity index (χ4v) is 2.24. The van der Waals surface area contributed by atoms with Gasteiger partial charge in [0.05, 0.1) is 6.54 Å². The first-order chi connectivity index (χ1) is 7.84. The topological polar surface area (TPSA) is 41.6 Å². The second kappa shape index (κ2) is 3.70. The van der Waals surface area contributed by atoms with Crippen molar-refractivity contribution in [1.29, 1.82) is 0 Å². The Hall–Kier alpha value is -1.71. The number of amides is 1. The molecule has 2 heterocycles. The number of cyclic esters (lactones) is 1. The molecule has 2 aliphatic heterocycles. The summed E-state index contributed by atoms with van der Waals surface area (Å²) in [7, 11) is 0. The van der Waals surface area contributed by atoms with Crippen molar-refractivity contribution < 1.29 is 9.53 Å². The van der Waals surface area contributed by atoms with Crippen molar-refractivity contribution in [2.24, 2.45) is 0 Å². The van der Waals surface area contributed by atoms with Crippen LogP contribution in [0.25, 0.3) is 0 Å². The number of rotatable bonds is 1. The molecule has 1 aromatic carbocycles. The SMILES string of the molecule is O=C1OCCN1c1ccc2c(c1)NCCC2. The average Bonchev–Trinajstić information content (AvgIpc) is 2.75. The Bertz CT molecular complexity index is 431. The minimum atomic E-state index is -0.240. The standard InChI is InChI=1S/C12H14N2O2/c15-12-14(6-7-16-12)10-4-3-9-2-1-5-13-11(9)8-10/h3-4,8,13H,1-2,5-7H2. The molecule has 3 rings (SSSR count). The molecule has 1 N–H and O–H groups in total. The number of benzene rings is 1. The molecule has 0 radical (unpaired) electrons. The first-order valence-electron chi connectivity index (χ1n) is 5.66. The van der Waals surface area contributed by atoms with E-state index in [1.165, 1.54) is 12.0 Å². The van der Waals surface area contributed by atoms with Crippen molar-refractivity contribution in [3.05, 3.63) is 23.8 Å². The molecule has 16 heavy (non-hydrogen) atoms. The van der Waals surface area contributed by atoms with Gasteiger partial charge in [0.25, 0.3) is 0 Å². The van der Waals surface area contributed by atoms with Gasteiger partial charge in [-0.1, -0.05) is 6.07 Å². The molecule has 0 saturated carbocycles. The van der Waals surface area contributed by atoms with Gasteiger partial charge in [-0.2, -0.15) is 0 Å². The van der Waals surface area contributed by atoms with Crippen molar-refractivity contribution in [1.82, 2.24) is 0 Å². The van der Waals surface area contributed by atoms with Gasteiger partial charge in [-0.25, -0.2) is 4.79 Å². The van der Waals surface area contributed by atoms with Gasteiger partial charge in [0, 0.05) is 17.9 Å². The summed E-state index contributed by atoms with van der Waals surface area (Å²) in [5.41, 5.74) is 3.42. The number of fused-ring (bicyclic) bond motifs is 1. The monoisotopic (exact) mass is 218 g/mol. The first kappa shape index (κ1) is 9.51. The number of ether oxygens (including phenoxy) is 1. The number of hydrogen-bond donors (Lipinski definition) is 1. The van der Waals surface area contributed by atoms with E-state index in [9.17, 15) is 4.79 Å². The first-order valence-corrected chi connectivity index (χ1v) is 5.66. The quantitative estimate of drug-likeness (QED) is 0.783. The number of anilines is 2. The van der Waals surface area contributed by atoms with E-state index < -0.39 is 0 Å². The van der Waals surface area contributed by atoms with Crippen LogP contribution in [0.2, 0.25) is 0 Å².